The number of benzene rings is 1. The molecular weight excluding hydrogens is 432 g/mol. The molecule has 9 heteroatoms. The van der Waals surface area contributed by atoms with Gasteiger partial charge in [-0.3, -0.25) is 14.6 Å². The molecule has 1 aliphatic heterocycles. The van der Waals surface area contributed by atoms with E-state index in [0.717, 1.165) is 18.1 Å². The molecule has 33 heavy (non-hydrogen) atoms. The molecule has 5 atom stereocenters. The normalized spacial score (nSPS) is 30.7. The van der Waals surface area contributed by atoms with E-state index in [9.17, 15) is 19.2 Å². The number of allylic oxidation sites excluding steroid dienone is 1. The summed E-state index contributed by atoms with van der Waals surface area (Å²) in [6.07, 6.45) is -0.0902. The van der Waals surface area contributed by atoms with E-state index in [4.69, 9.17) is 24.3 Å². The summed E-state index contributed by atoms with van der Waals surface area (Å²) in [5.41, 5.74) is 0.505. The maximum Gasteiger partial charge on any atom is 0.373 e. The monoisotopic (exact) mass is 456 g/mol. The minimum Gasteiger partial charge on any atom is -0.459 e. The molecule has 1 fully saturated rings. The number of ketones is 1. The summed E-state index contributed by atoms with van der Waals surface area (Å²) in [4.78, 5) is 70.2. The first-order valence-electron chi connectivity index (χ1n) is 10.6. The molecule has 0 radical (unpaired) electrons. The molecule has 1 unspecified atom stereocenters. The second-order valence-corrected chi connectivity index (χ2v) is 8.66. The number of ether oxygens (including phenoxy) is 1. The molecule has 0 N–H and O–H groups in total. The lowest BCUT2D eigenvalue weighted by atomic mass is 9.77. The van der Waals surface area contributed by atoms with Crippen LogP contribution in [0.3, 0.4) is 0 Å². The van der Waals surface area contributed by atoms with Crippen molar-refractivity contribution in [2.24, 2.45) is 11.8 Å². The Morgan fingerprint density at radius 1 is 1.09 bits per heavy atom. The molecule has 2 aliphatic carbocycles. The Bertz CT molecular complexity index is 1070. The molecule has 1 saturated heterocycles. The summed E-state index contributed by atoms with van der Waals surface area (Å²) < 4.78 is 5.69. The van der Waals surface area contributed by atoms with Crippen LogP contribution in [0.2, 0.25) is 0 Å². The van der Waals surface area contributed by atoms with Crippen LogP contribution in [0.15, 0.2) is 53.1 Å². The number of fused-ring (bicyclic) bond motifs is 3. The van der Waals surface area contributed by atoms with Gasteiger partial charge in [-0.15, -0.1) is 0 Å². The Morgan fingerprint density at radius 3 is 2.45 bits per heavy atom. The zero-order chi connectivity index (χ0) is 23.9. The van der Waals surface area contributed by atoms with E-state index in [1.165, 1.54) is 13.0 Å². The highest BCUT2D eigenvalue weighted by atomic mass is 17.2. The Balaban J connectivity index is 1.69. The van der Waals surface area contributed by atoms with E-state index in [1.54, 1.807) is 44.2 Å². The molecular formula is C24H24O9. The minimum absolute atomic E-state index is 0.164. The van der Waals surface area contributed by atoms with Crippen LogP contribution in [0.1, 0.15) is 44.5 Å². The summed E-state index contributed by atoms with van der Waals surface area (Å²) in [7, 11) is 0. The van der Waals surface area contributed by atoms with Crippen LogP contribution in [0.25, 0.3) is 0 Å². The van der Waals surface area contributed by atoms with Crippen molar-refractivity contribution in [1.29, 1.82) is 0 Å². The average molecular weight is 456 g/mol. The average Bonchev–Trinajstić information content (AvgIpc) is 3.16. The van der Waals surface area contributed by atoms with Gasteiger partial charge in [0.1, 0.15) is 12.2 Å². The number of carbonyl (C=O) groups excluding carboxylic acids is 4. The van der Waals surface area contributed by atoms with Crippen molar-refractivity contribution in [3.05, 3.63) is 58.7 Å². The third-order valence-electron chi connectivity index (χ3n) is 6.35. The van der Waals surface area contributed by atoms with Gasteiger partial charge in [0.25, 0.3) is 0 Å². The lowest BCUT2D eigenvalue weighted by Gasteiger charge is -2.32. The number of hydrogen-bond acceptors (Lipinski definition) is 9. The Kier molecular flexibility index (Phi) is 5.94. The van der Waals surface area contributed by atoms with Crippen LogP contribution in [0, 0.1) is 11.8 Å². The van der Waals surface area contributed by atoms with Crippen molar-refractivity contribution >= 4 is 23.7 Å². The number of esters is 1. The molecule has 1 heterocycles. The minimum atomic E-state index is -1.75. The van der Waals surface area contributed by atoms with Gasteiger partial charge in [0.15, 0.2) is 5.78 Å². The van der Waals surface area contributed by atoms with Gasteiger partial charge in [0.05, 0.1) is 11.5 Å². The molecule has 3 aliphatic rings. The first kappa shape index (κ1) is 22.9. The zero-order valence-electron chi connectivity index (χ0n) is 18.7. The van der Waals surface area contributed by atoms with Crippen molar-refractivity contribution in [3.8, 4) is 0 Å². The number of rotatable bonds is 5. The summed E-state index contributed by atoms with van der Waals surface area (Å²) in [5, 5.41) is 0. The summed E-state index contributed by atoms with van der Waals surface area (Å²) in [5.74, 6) is -3.78. The number of carbonyl (C=O) groups is 4. The highest BCUT2D eigenvalue weighted by Crippen LogP contribution is 2.51. The van der Waals surface area contributed by atoms with Crippen LogP contribution in [0.5, 0.6) is 0 Å². The predicted octanol–water partition coefficient (Wildman–Crippen LogP) is 2.80. The van der Waals surface area contributed by atoms with Crippen LogP contribution < -0.4 is 0 Å². The Hall–Kier alpha value is -3.30. The molecule has 0 aromatic heterocycles. The van der Waals surface area contributed by atoms with Gasteiger partial charge in [0.2, 0.25) is 5.60 Å². The van der Waals surface area contributed by atoms with E-state index in [1.807, 2.05) is 0 Å². The van der Waals surface area contributed by atoms with Crippen LogP contribution in [-0.2, 0) is 38.7 Å². The van der Waals surface area contributed by atoms with Crippen LogP contribution >= 0.6 is 0 Å². The summed E-state index contributed by atoms with van der Waals surface area (Å²) in [6.45, 7) is 6.13. The molecule has 0 amide bonds. The summed E-state index contributed by atoms with van der Waals surface area (Å²) >= 11 is 0. The lowest BCUT2D eigenvalue weighted by molar-refractivity contribution is -0.347. The fourth-order valence-electron chi connectivity index (χ4n) is 4.85. The SMILES string of the molecule is CC(=O)OO[C@]1(C)C(=O)O[C@@H]2C1[C@@H](OOC(=O)c1ccccc1)CC(C)=C1C(=O)C=C(C)[C@H]12. The fourth-order valence-corrected chi connectivity index (χ4v) is 4.85. The topological polar surface area (TPSA) is 114 Å². The molecule has 4 rings (SSSR count). The van der Waals surface area contributed by atoms with E-state index in [-0.39, 0.29) is 17.8 Å². The maximum atomic E-state index is 12.9. The van der Waals surface area contributed by atoms with Crippen molar-refractivity contribution in [3.63, 3.8) is 0 Å². The highest BCUT2D eigenvalue weighted by molar-refractivity contribution is 6.09. The standard InChI is InChI=1S/C24H24O9/c1-12-10-16(26)18-13(2)11-17(31-32-22(27)15-8-6-5-7-9-15)20-21(19(12)18)29-23(28)24(20,4)33-30-14(3)25/h5-10,17,19-21H,11H2,1-4H3/t17-,19+,20?,21-,24-/m0/s1. The van der Waals surface area contributed by atoms with E-state index >= 15 is 0 Å². The van der Waals surface area contributed by atoms with Crippen molar-refractivity contribution in [2.45, 2.75) is 51.9 Å². The largest absolute Gasteiger partial charge is 0.459 e. The van der Waals surface area contributed by atoms with Crippen molar-refractivity contribution in [1.82, 2.24) is 0 Å². The van der Waals surface area contributed by atoms with Crippen LogP contribution in [-0.4, -0.2) is 41.5 Å². The first-order chi connectivity index (χ1) is 15.6. The van der Waals surface area contributed by atoms with Crippen molar-refractivity contribution in [2.75, 3.05) is 0 Å². The second-order valence-electron chi connectivity index (χ2n) is 8.66. The molecule has 0 spiro atoms. The van der Waals surface area contributed by atoms with Crippen molar-refractivity contribution < 1.29 is 43.5 Å². The molecule has 174 valence electrons. The van der Waals surface area contributed by atoms with E-state index in [2.05, 4.69) is 0 Å². The quantitative estimate of drug-likeness (QED) is 0.375. The van der Waals surface area contributed by atoms with Gasteiger partial charge >= 0.3 is 17.9 Å². The molecule has 1 aromatic carbocycles. The third kappa shape index (κ3) is 3.98. The van der Waals surface area contributed by atoms with E-state index in [0.29, 0.717) is 5.57 Å². The zero-order valence-corrected chi connectivity index (χ0v) is 18.7. The highest BCUT2D eigenvalue weighted by Gasteiger charge is 2.65. The second kappa shape index (κ2) is 8.57. The predicted molar refractivity (Wildman–Crippen MR) is 111 cm³/mol. The van der Waals surface area contributed by atoms with E-state index < -0.39 is 47.6 Å². The maximum absolute atomic E-state index is 12.9. The molecule has 0 bridgehead atoms. The Labute approximate surface area is 190 Å². The number of hydrogen-bond donors (Lipinski definition) is 0. The van der Waals surface area contributed by atoms with Gasteiger partial charge < -0.3 is 4.74 Å². The molecule has 0 saturated carbocycles. The molecule has 9 nitrogen and oxygen atoms in total. The lowest BCUT2D eigenvalue weighted by Crippen LogP contribution is -2.49. The Morgan fingerprint density at radius 2 is 1.79 bits per heavy atom. The van der Waals surface area contributed by atoms with Gasteiger partial charge in [0, 0.05) is 18.4 Å². The smallest absolute Gasteiger partial charge is 0.373 e. The third-order valence-corrected chi connectivity index (χ3v) is 6.35. The first-order valence-corrected chi connectivity index (χ1v) is 10.6. The van der Waals surface area contributed by atoms with Gasteiger partial charge in [-0.1, -0.05) is 29.3 Å². The van der Waals surface area contributed by atoms with Gasteiger partial charge in [-0.25, -0.2) is 14.4 Å². The summed E-state index contributed by atoms with van der Waals surface area (Å²) in [6, 6.07) is 8.27. The fraction of sp³-hybridized carbons (Fsp3) is 0.417. The van der Waals surface area contributed by atoms with Gasteiger partial charge in [-0.05, 0) is 45.4 Å². The molecule has 1 aromatic rings. The van der Waals surface area contributed by atoms with Gasteiger partial charge in [-0.2, -0.15) is 9.78 Å². The van der Waals surface area contributed by atoms with Crippen LogP contribution in [0.4, 0.5) is 0 Å².